The maximum atomic E-state index is 12.3. The number of carboxylic acids is 1. The number of carbonyl (C=O) groups excluding carboxylic acids is 1. The van der Waals surface area contributed by atoms with Crippen molar-refractivity contribution in [3.8, 4) is 0 Å². The fourth-order valence-corrected chi connectivity index (χ4v) is 2.07. The van der Waals surface area contributed by atoms with E-state index in [1.807, 2.05) is 0 Å². The van der Waals surface area contributed by atoms with Gasteiger partial charge in [0, 0.05) is 6.04 Å². The SMILES string of the molecule is Cc1ccc(C)c(C(=O)NC(C)CC(F)(F)F)c1C(=O)O. The zero-order valence-electron chi connectivity index (χ0n) is 11.8. The van der Waals surface area contributed by atoms with Crippen molar-refractivity contribution in [1.82, 2.24) is 5.32 Å². The van der Waals surface area contributed by atoms with Crippen molar-refractivity contribution in [2.24, 2.45) is 0 Å². The lowest BCUT2D eigenvalue weighted by Crippen LogP contribution is -2.37. The molecule has 0 bridgehead atoms. The molecular formula is C14H16F3NO3. The highest BCUT2D eigenvalue weighted by atomic mass is 19.4. The van der Waals surface area contributed by atoms with Crippen molar-refractivity contribution in [3.05, 3.63) is 34.4 Å². The minimum Gasteiger partial charge on any atom is -0.478 e. The quantitative estimate of drug-likeness (QED) is 0.898. The van der Waals surface area contributed by atoms with Crippen LogP contribution in [0.25, 0.3) is 0 Å². The van der Waals surface area contributed by atoms with Gasteiger partial charge < -0.3 is 10.4 Å². The average molecular weight is 303 g/mol. The lowest BCUT2D eigenvalue weighted by molar-refractivity contribution is -0.138. The van der Waals surface area contributed by atoms with Crippen molar-refractivity contribution < 1.29 is 27.9 Å². The van der Waals surface area contributed by atoms with Gasteiger partial charge in [0.25, 0.3) is 5.91 Å². The zero-order valence-corrected chi connectivity index (χ0v) is 11.8. The number of aryl methyl sites for hydroxylation is 2. The minimum absolute atomic E-state index is 0.100. The van der Waals surface area contributed by atoms with Gasteiger partial charge in [0.1, 0.15) is 0 Å². The van der Waals surface area contributed by atoms with E-state index in [-0.39, 0.29) is 11.1 Å². The molecule has 0 aromatic heterocycles. The van der Waals surface area contributed by atoms with Gasteiger partial charge in [-0.3, -0.25) is 4.79 Å². The molecule has 0 aliphatic heterocycles. The maximum absolute atomic E-state index is 12.3. The molecule has 7 heteroatoms. The molecule has 0 saturated carbocycles. The Morgan fingerprint density at radius 1 is 1.19 bits per heavy atom. The molecule has 0 spiro atoms. The Hall–Kier alpha value is -2.05. The third-order valence-electron chi connectivity index (χ3n) is 2.98. The van der Waals surface area contributed by atoms with E-state index in [4.69, 9.17) is 0 Å². The molecule has 116 valence electrons. The Balaban J connectivity index is 3.08. The fourth-order valence-electron chi connectivity index (χ4n) is 2.07. The van der Waals surface area contributed by atoms with Crippen molar-refractivity contribution in [2.45, 2.75) is 39.4 Å². The lowest BCUT2D eigenvalue weighted by atomic mass is 9.96. The number of amides is 1. The molecule has 0 heterocycles. The Morgan fingerprint density at radius 2 is 1.67 bits per heavy atom. The summed E-state index contributed by atoms with van der Waals surface area (Å²) < 4.78 is 36.8. The first-order valence-corrected chi connectivity index (χ1v) is 6.24. The Labute approximate surface area is 120 Å². The first-order chi connectivity index (χ1) is 9.53. The predicted molar refractivity (Wildman–Crippen MR) is 70.5 cm³/mol. The molecule has 0 radical (unpaired) electrons. The van der Waals surface area contributed by atoms with Crippen LogP contribution in [-0.4, -0.2) is 29.2 Å². The van der Waals surface area contributed by atoms with E-state index < -0.39 is 30.5 Å². The number of nitrogens with one attached hydrogen (secondary N) is 1. The monoisotopic (exact) mass is 303 g/mol. The zero-order chi connectivity index (χ0) is 16.4. The predicted octanol–water partition coefficient (Wildman–Crippen LogP) is 3.07. The number of carbonyl (C=O) groups is 2. The molecule has 0 saturated heterocycles. The lowest BCUT2D eigenvalue weighted by Gasteiger charge is -2.18. The van der Waals surface area contributed by atoms with E-state index in [1.54, 1.807) is 12.1 Å². The summed E-state index contributed by atoms with van der Waals surface area (Å²) in [7, 11) is 0. The molecular weight excluding hydrogens is 287 g/mol. The number of carboxylic acid groups (broad SMARTS) is 1. The van der Waals surface area contributed by atoms with Crippen LogP contribution in [-0.2, 0) is 0 Å². The van der Waals surface area contributed by atoms with Gasteiger partial charge in [-0.15, -0.1) is 0 Å². The third kappa shape index (κ3) is 4.47. The van der Waals surface area contributed by atoms with Gasteiger partial charge in [-0.25, -0.2) is 4.79 Å². The fraction of sp³-hybridized carbons (Fsp3) is 0.429. The summed E-state index contributed by atoms with van der Waals surface area (Å²) in [6.45, 7) is 4.28. The standard InChI is InChI=1S/C14H16F3NO3/c1-7-4-5-8(2)11(13(20)21)10(7)12(19)18-9(3)6-14(15,16)17/h4-5,9H,6H2,1-3H3,(H,18,19)(H,20,21). The van der Waals surface area contributed by atoms with Gasteiger partial charge in [0.05, 0.1) is 17.5 Å². The summed E-state index contributed by atoms with van der Waals surface area (Å²) in [6, 6.07) is 1.97. The van der Waals surface area contributed by atoms with Crippen LogP contribution in [0, 0.1) is 13.8 Å². The number of benzene rings is 1. The second-order valence-electron chi connectivity index (χ2n) is 4.95. The average Bonchev–Trinajstić information content (AvgIpc) is 2.28. The molecule has 0 fully saturated rings. The van der Waals surface area contributed by atoms with Crippen LogP contribution in [0.3, 0.4) is 0 Å². The number of hydrogen-bond donors (Lipinski definition) is 2. The molecule has 1 unspecified atom stereocenters. The van der Waals surface area contributed by atoms with Gasteiger partial charge in [0.2, 0.25) is 0 Å². The largest absolute Gasteiger partial charge is 0.478 e. The maximum Gasteiger partial charge on any atom is 0.391 e. The highest BCUT2D eigenvalue weighted by Crippen LogP contribution is 2.23. The van der Waals surface area contributed by atoms with E-state index in [0.29, 0.717) is 11.1 Å². The smallest absolute Gasteiger partial charge is 0.391 e. The summed E-state index contributed by atoms with van der Waals surface area (Å²) in [6.07, 6.45) is -5.57. The van der Waals surface area contributed by atoms with Gasteiger partial charge in [-0.2, -0.15) is 13.2 Å². The Kier molecular flexibility index (Phi) is 4.98. The van der Waals surface area contributed by atoms with Gasteiger partial charge in [0.15, 0.2) is 0 Å². The highest BCUT2D eigenvalue weighted by Gasteiger charge is 2.31. The molecule has 1 aromatic carbocycles. The van der Waals surface area contributed by atoms with E-state index in [0.717, 1.165) is 0 Å². The number of aromatic carboxylic acids is 1. The van der Waals surface area contributed by atoms with Crippen LogP contribution in [0.15, 0.2) is 12.1 Å². The first kappa shape index (κ1) is 17.0. The van der Waals surface area contributed by atoms with Crippen molar-refractivity contribution in [1.29, 1.82) is 0 Å². The highest BCUT2D eigenvalue weighted by molar-refractivity contribution is 6.06. The summed E-state index contributed by atoms with van der Waals surface area (Å²) in [5.74, 6) is -2.10. The Morgan fingerprint density at radius 3 is 2.10 bits per heavy atom. The molecule has 1 amide bonds. The summed E-state index contributed by atoms with van der Waals surface area (Å²) in [5.41, 5.74) is 0.486. The summed E-state index contributed by atoms with van der Waals surface area (Å²) in [4.78, 5) is 23.4. The van der Waals surface area contributed by atoms with Crippen LogP contribution in [0.1, 0.15) is 45.2 Å². The molecule has 0 aliphatic rings. The van der Waals surface area contributed by atoms with Gasteiger partial charge in [-0.1, -0.05) is 12.1 Å². The third-order valence-corrected chi connectivity index (χ3v) is 2.98. The number of halogens is 3. The molecule has 1 rings (SSSR count). The summed E-state index contributed by atoms with van der Waals surface area (Å²) >= 11 is 0. The van der Waals surface area contributed by atoms with Gasteiger partial charge >= 0.3 is 12.1 Å². The molecule has 4 nitrogen and oxygen atoms in total. The Bertz CT molecular complexity index is 567. The summed E-state index contributed by atoms with van der Waals surface area (Å²) in [5, 5.41) is 11.4. The number of hydrogen-bond acceptors (Lipinski definition) is 2. The van der Waals surface area contributed by atoms with E-state index in [1.165, 1.54) is 20.8 Å². The van der Waals surface area contributed by atoms with E-state index in [9.17, 15) is 27.9 Å². The van der Waals surface area contributed by atoms with E-state index >= 15 is 0 Å². The minimum atomic E-state index is -4.40. The van der Waals surface area contributed by atoms with Crippen LogP contribution in [0.4, 0.5) is 13.2 Å². The second kappa shape index (κ2) is 6.15. The normalized spacial score (nSPS) is 12.9. The van der Waals surface area contributed by atoms with Crippen molar-refractivity contribution in [3.63, 3.8) is 0 Å². The molecule has 0 aliphatic carbocycles. The van der Waals surface area contributed by atoms with E-state index in [2.05, 4.69) is 5.32 Å². The second-order valence-corrected chi connectivity index (χ2v) is 4.95. The number of alkyl halides is 3. The molecule has 2 N–H and O–H groups in total. The van der Waals surface area contributed by atoms with Crippen molar-refractivity contribution in [2.75, 3.05) is 0 Å². The van der Waals surface area contributed by atoms with Crippen LogP contribution in [0.2, 0.25) is 0 Å². The van der Waals surface area contributed by atoms with Gasteiger partial charge in [-0.05, 0) is 31.9 Å². The topological polar surface area (TPSA) is 66.4 Å². The molecule has 1 atom stereocenters. The number of rotatable bonds is 4. The first-order valence-electron chi connectivity index (χ1n) is 6.24. The van der Waals surface area contributed by atoms with Crippen molar-refractivity contribution >= 4 is 11.9 Å². The molecule has 1 aromatic rings. The van der Waals surface area contributed by atoms with Crippen LogP contribution < -0.4 is 5.32 Å². The van der Waals surface area contributed by atoms with Crippen LogP contribution in [0.5, 0.6) is 0 Å². The molecule has 21 heavy (non-hydrogen) atoms. The van der Waals surface area contributed by atoms with Crippen LogP contribution >= 0.6 is 0 Å².